The Morgan fingerprint density at radius 3 is 2.48 bits per heavy atom. The van der Waals surface area contributed by atoms with Crippen LogP contribution in [0.25, 0.3) is 11.3 Å². The summed E-state index contributed by atoms with van der Waals surface area (Å²) in [6.07, 6.45) is 1.57. The Balaban J connectivity index is 1.74. The van der Waals surface area contributed by atoms with Crippen molar-refractivity contribution < 1.29 is 14.0 Å². The Morgan fingerprint density at radius 2 is 1.78 bits per heavy atom. The summed E-state index contributed by atoms with van der Waals surface area (Å²) in [6.45, 7) is 2.02. The van der Waals surface area contributed by atoms with Crippen molar-refractivity contribution in [2.75, 3.05) is 14.2 Å². The molecule has 0 amide bonds. The van der Waals surface area contributed by atoms with Crippen molar-refractivity contribution in [2.45, 2.75) is 6.92 Å². The van der Waals surface area contributed by atoms with Crippen LogP contribution < -0.4 is 15.2 Å². The van der Waals surface area contributed by atoms with Gasteiger partial charge in [0.1, 0.15) is 0 Å². The van der Waals surface area contributed by atoms with Gasteiger partial charge in [-0.1, -0.05) is 35.0 Å². The number of rotatable bonds is 6. The van der Waals surface area contributed by atoms with Gasteiger partial charge in [0.2, 0.25) is 0 Å². The maximum absolute atomic E-state index is 5.95. The van der Waals surface area contributed by atoms with Crippen LogP contribution in [0.15, 0.2) is 63.3 Å². The fraction of sp³-hybridized carbons (Fsp3) is 0.150. The Labute approximate surface area is 157 Å². The second-order valence-electron chi connectivity index (χ2n) is 5.79. The maximum atomic E-state index is 5.95. The SMILES string of the molecule is COc1ccc(C=NN=C(N)c2cc(-c3ccc(C)cc3)on2)cc1OC. The smallest absolute Gasteiger partial charge is 0.175 e. The van der Waals surface area contributed by atoms with Gasteiger partial charge in [0.25, 0.3) is 0 Å². The molecule has 0 spiro atoms. The minimum atomic E-state index is 0.161. The molecule has 0 aliphatic carbocycles. The largest absolute Gasteiger partial charge is 0.493 e. The maximum Gasteiger partial charge on any atom is 0.175 e. The number of hydrogen-bond acceptors (Lipinski definition) is 6. The average Bonchev–Trinajstić information content (AvgIpc) is 3.18. The Kier molecular flexibility index (Phi) is 5.51. The van der Waals surface area contributed by atoms with E-state index < -0.39 is 0 Å². The van der Waals surface area contributed by atoms with E-state index in [1.54, 1.807) is 38.6 Å². The van der Waals surface area contributed by atoms with Gasteiger partial charge in [-0.25, -0.2) is 0 Å². The summed E-state index contributed by atoms with van der Waals surface area (Å²) in [5, 5.41) is 11.9. The summed E-state index contributed by atoms with van der Waals surface area (Å²) in [5.41, 5.74) is 9.26. The number of nitrogens with zero attached hydrogens (tertiary/aromatic N) is 3. The summed E-state index contributed by atoms with van der Waals surface area (Å²) in [5.74, 6) is 2.03. The minimum absolute atomic E-state index is 0.161. The highest BCUT2D eigenvalue weighted by Crippen LogP contribution is 2.27. The molecule has 138 valence electrons. The molecule has 0 saturated carbocycles. The third-order valence-corrected chi connectivity index (χ3v) is 3.89. The number of methoxy groups -OCH3 is 2. The van der Waals surface area contributed by atoms with Crippen LogP contribution in [-0.2, 0) is 0 Å². The topological polar surface area (TPSA) is 95.2 Å². The molecule has 0 radical (unpaired) electrons. The van der Waals surface area contributed by atoms with E-state index in [2.05, 4.69) is 15.4 Å². The first-order valence-electron chi connectivity index (χ1n) is 8.23. The highest BCUT2D eigenvalue weighted by atomic mass is 16.5. The molecule has 0 fully saturated rings. The number of hydrogen-bond donors (Lipinski definition) is 1. The van der Waals surface area contributed by atoms with E-state index in [-0.39, 0.29) is 5.84 Å². The second kappa shape index (κ2) is 8.18. The zero-order valence-corrected chi connectivity index (χ0v) is 15.3. The van der Waals surface area contributed by atoms with Gasteiger partial charge in [0.15, 0.2) is 28.8 Å². The molecule has 3 aromatic rings. The molecule has 0 saturated heterocycles. The van der Waals surface area contributed by atoms with E-state index in [4.69, 9.17) is 19.7 Å². The quantitative estimate of drug-likeness (QED) is 0.411. The van der Waals surface area contributed by atoms with Crippen LogP contribution in [0.5, 0.6) is 11.5 Å². The van der Waals surface area contributed by atoms with E-state index in [1.165, 1.54) is 5.56 Å². The fourth-order valence-corrected chi connectivity index (χ4v) is 2.39. The number of aryl methyl sites for hydroxylation is 1. The van der Waals surface area contributed by atoms with Crippen molar-refractivity contribution in [3.05, 3.63) is 65.4 Å². The lowest BCUT2D eigenvalue weighted by Gasteiger charge is -2.07. The Morgan fingerprint density at radius 1 is 1.04 bits per heavy atom. The van der Waals surface area contributed by atoms with E-state index in [9.17, 15) is 0 Å². The Bertz CT molecular complexity index is 975. The number of aromatic nitrogens is 1. The lowest BCUT2D eigenvalue weighted by molar-refractivity contribution is 0.355. The molecule has 7 nitrogen and oxygen atoms in total. The van der Waals surface area contributed by atoms with Crippen molar-refractivity contribution in [3.8, 4) is 22.8 Å². The number of nitrogens with two attached hydrogens (primary N) is 1. The van der Waals surface area contributed by atoms with Crippen molar-refractivity contribution >= 4 is 12.1 Å². The van der Waals surface area contributed by atoms with Gasteiger partial charge in [-0.2, -0.15) is 5.10 Å². The van der Waals surface area contributed by atoms with E-state index in [1.807, 2.05) is 37.3 Å². The molecule has 2 aromatic carbocycles. The standard InChI is InChI=1S/C20H20N4O3/c1-13-4-7-15(8-5-13)18-11-16(24-27-18)20(21)23-22-12-14-6-9-17(25-2)19(10-14)26-3/h4-12H,1-3H3,(H2,21,23). The number of benzene rings is 2. The fourth-order valence-electron chi connectivity index (χ4n) is 2.39. The highest BCUT2D eigenvalue weighted by molar-refractivity contribution is 5.96. The lowest BCUT2D eigenvalue weighted by Crippen LogP contribution is -2.12. The average molecular weight is 364 g/mol. The van der Waals surface area contributed by atoms with Crippen molar-refractivity contribution in [3.63, 3.8) is 0 Å². The van der Waals surface area contributed by atoms with Gasteiger partial charge >= 0.3 is 0 Å². The normalized spacial score (nSPS) is 11.7. The molecule has 0 aliphatic heterocycles. The third kappa shape index (κ3) is 4.33. The van der Waals surface area contributed by atoms with Crippen molar-refractivity contribution in [2.24, 2.45) is 15.9 Å². The Hall–Kier alpha value is -3.61. The molecule has 0 aliphatic rings. The molecule has 7 heteroatoms. The lowest BCUT2D eigenvalue weighted by atomic mass is 10.1. The molecular formula is C20H20N4O3. The van der Waals surface area contributed by atoms with Gasteiger partial charge in [-0.05, 0) is 30.7 Å². The molecule has 1 heterocycles. The van der Waals surface area contributed by atoms with Crippen LogP contribution in [0.4, 0.5) is 0 Å². The van der Waals surface area contributed by atoms with E-state index in [0.29, 0.717) is 23.0 Å². The minimum Gasteiger partial charge on any atom is -0.493 e. The third-order valence-electron chi connectivity index (χ3n) is 3.89. The molecule has 0 unspecified atom stereocenters. The van der Waals surface area contributed by atoms with E-state index >= 15 is 0 Å². The second-order valence-corrected chi connectivity index (χ2v) is 5.79. The first-order chi connectivity index (χ1) is 13.1. The zero-order chi connectivity index (χ0) is 19.2. The van der Waals surface area contributed by atoms with E-state index in [0.717, 1.165) is 11.1 Å². The summed E-state index contributed by atoms with van der Waals surface area (Å²) in [6, 6.07) is 15.1. The van der Waals surface area contributed by atoms with Crippen LogP contribution in [-0.4, -0.2) is 31.4 Å². The first-order valence-corrected chi connectivity index (χ1v) is 8.23. The van der Waals surface area contributed by atoms with Crippen molar-refractivity contribution in [1.82, 2.24) is 5.16 Å². The highest BCUT2D eigenvalue weighted by Gasteiger charge is 2.09. The van der Waals surface area contributed by atoms with Gasteiger partial charge < -0.3 is 19.7 Å². The van der Waals surface area contributed by atoms with Crippen LogP contribution in [0.3, 0.4) is 0 Å². The van der Waals surface area contributed by atoms with Gasteiger partial charge in [-0.3, -0.25) is 0 Å². The van der Waals surface area contributed by atoms with Crippen LogP contribution in [0, 0.1) is 6.92 Å². The molecule has 3 rings (SSSR count). The molecule has 0 atom stereocenters. The summed E-state index contributed by atoms with van der Waals surface area (Å²) < 4.78 is 15.8. The molecule has 2 N–H and O–H groups in total. The summed E-state index contributed by atoms with van der Waals surface area (Å²) in [4.78, 5) is 0. The predicted octanol–water partition coefficient (Wildman–Crippen LogP) is 3.41. The van der Waals surface area contributed by atoms with Crippen LogP contribution >= 0.6 is 0 Å². The van der Waals surface area contributed by atoms with Crippen LogP contribution in [0.1, 0.15) is 16.8 Å². The monoisotopic (exact) mass is 364 g/mol. The van der Waals surface area contributed by atoms with Gasteiger partial charge in [0.05, 0.1) is 20.4 Å². The van der Waals surface area contributed by atoms with Gasteiger partial charge in [-0.15, -0.1) is 5.10 Å². The zero-order valence-electron chi connectivity index (χ0n) is 15.3. The first kappa shape index (κ1) is 18.2. The molecule has 27 heavy (non-hydrogen) atoms. The molecule has 0 bridgehead atoms. The number of amidine groups is 1. The molecular weight excluding hydrogens is 344 g/mol. The molecule has 1 aromatic heterocycles. The van der Waals surface area contributed by atoms with Crippen molar-refractivity contribution in [1.29, 1.82) is 0 Å². The summed E-state index contributed by atoms with van der Waals surface area (Å²) in [7, 11) is 3.16. The van der Waals surface area contributed by atoms with Crippen LogP contribution in [0.2, 0.25) is 0 Å². The van der Waals surface area contributed by atoms with Gasteiger partial charge in [0, 0.05) is 11.6 Å². The summed E-state index contributed by atoms with van der Waals surface area (Å²) >= 11 is 0. The number of ether oxygens (including phenoxy) is 2. The predicted molar refractivity (Wildman–Crippen MR) is 105 cm³/mol.